The van der Waals surface area contributed by atoms with Gasteiger partial charge in [0.15, 0.2) is 11.6 Å². The molecule has 4 heteroatoms. The molecule has 1 heterocycles. The van der Waals surface area contributed by atoms with E-state index in [2.05, 4.69) is 83.8 Å². The van der Waals surface area contributed by atoms with Crippen LogP contribution in [0.1, 0.15) is 26.3 Å². The van der Waals surface area contributed by atoms with Gasteiger partial charge in [-0.2, -0.15) is 0 Å². The minimum atomic E-state index is -0.0210. The SMILES string of the molecule is CC(C)(C)c1ccc(-c2ccccc2)cc1Nc1nccnc1Nc1ccccc1. The second kappa shape index (κ2) is 8.37. The van der Waals surface area contributed by atoms with Crippen LogP contribution in [0, 0.1) is 0 Å². The van der Waals surface area contributed by atoms with Gasteiger partial charge in [0.2, 0.25) is 0 Å². The first kappa shape index (κ1) is 19.6. The molecule has 2 N–H and O–H groups in total. The first-order chi connectivity index (χ1) is 14.5. The normalized spacial score (nSPS) is 11.2. The molecule has 0 fully saturated rings. The van der Waals surface area contributed by atoms with E-state index in [4.69, 9.17) is 0 Å². The minimum Gasteiger partial charge on any atom is -0.337 e. The summed E-state index contributed by atoms with van der Waals surface area (Å²) in [5, 5.41) is 6.90. The van der Waals surface area contributed by atoms with Gasteiger partial charge in [0, 0.05) is 23.8 Å². The zero-order valence-electron chi connectivity index (χ0n) is 17.6. The molecule has 0 aliphatic carbocycles. The molecule has 0 unspecified atom stereocenters. The van der Waals surface area contributed by atoms with E-state index >= 15 is 0 Å². The maximum absolute atomic E-state index is 4.56. The highest BCUT2D eigenvalue weighted by Crippen LogP contribution is 2.36. The van der Waals surface area contributed by atoms with Crippen molar-refractivity contribution >= 4 is 23.0 Å². The largest absolute Gasteiger partial charge is 0.337 e. The number of hydrogen-bond acceptors (Lipinski definition) is 4. The van der Waals surface area contributed by atoms with Crippen molar-refractivity contribution in [1.29, 1.82) is 0 Å². The minimum absolute atomic E-state index is 0.0210. The zero-order valence-corrected chi connectivity index (χ0v) is 17.6. The second-order valence-corrected chi connectivity index (χ2v) is 8.25. The number of nitrogens with one attached hydrogen (secondary N) is 2. The van der Waals surface area contributed by atoms with Gasteiger partial charge in [-0.25, -0.2) is 9.97 Å². The number of benzene rings is 3. The Morgan fingerprint density at radius 2 is 1.23 bits per heavy atom. The average molecular weight is 395 g/mol. The Labute approximate surface area is 178 Å². The van der Waals surface area contributed by atoms with Gasteiger partial charge >= 0.3 is 0 Å². The van der Waals surface area contributed by atoms with E-state index in [-0.39, 0.29) is 5.41 Å². The predicted octanol–water partition coefficient (Wildman–Crippen LogP) is 6.93. The van der Waals surface area contributed by atoms with Crippen LogP contribution in [0.15, 0.2) is 91.3 Å². The molecule has 0 aliphatic rings. The Kier molecular flexibility index (Phi) is 5.48. The van der Waals surface area contributed by atoms with Crippen molar-refractivity contribution in [3.8, 4) is 11.1 Å². The molecule has 150 valence electrons. The van der Waals surface area contributed by atoms with Crippen LogP contribution < -0.4 is 10.6 Å². The number of aromatic nitrogens is 2. The lowest BCUT2D eigenvalue weighted by Crippen LogP contribution is -2.14. The number of nitrogens with zero attached hydrogens (tertiary/aromatic N) is 2. The lowest BCUT2D eigenvalue weighted by atomic mass is 9.84. The molecular formula is C26H26N4. The summed E-state index contributed by atoms with van der Waals surface area (Å²) in [5.74, 6) is 1.38. The second-order valence-electron chi connectivity index (χ2n) is 8.25. The van der Waals surface area contributed by atoms with Gasteiger partial charge in [-0.05, 0) is 40.3 Å². The molecule has 3 aromatic carbocycles. The summed E-state index contributed by atoms with van der Waals surface area (Å²) in [6.45, 7) is 6.65. The number of hydrogen-bond donors (Lipinski definition) is 2. The topological polar surface area (TPSA) is 49.8 Å². The summed E-state index contributed by atoms with van der Waals surface area (Å²) in [5.41, 5.74) is 5.54. The van der Waals surface area contributed by atoms with Crippen molar-refractivity contribution in [2.24, 2.45) is 0 Å². The maximum Gasteiger partial charge on any atom is 0.173 e. The number of anilines is 4. The fourth-order valence-electron chi connectivity index (χ4n) is 3.42. The molecule has 0 amide bonds. The molecule has 4 aromatic rings. The summed E-state index contributed by atoms with van der Waals surface area (Å²) < 4.78 is 0. The molecule has 0 saturated carbocycles. The van der Waals surface area contributed by atoms with Gasteiger partial charge in [-0.15, -0.1) is 0 Å². The molecule has 4 nitrogen and oxygen atoms in total. The van der Waals surface area contributed by atoms with E-state index in [1.165, 1.54) is 11.1 Å². The van der Waals surface area contributed by atoms with Crippen molar-refractivity contribution in [3.05, 3.63) is 96.8 Å². The molecule has 4 rings (SSSR count). The lowest BCUT2D eigenvalue weighted by molar-refractivity contribution is 0.592. The Hall–Kier alpha value is -3.66. The van der Waals surface area contributed by atoms with Gasteiger partial charge in [-0.1, -0.05) is 81.4 Å². The van der Waals surface area contributed by atoms with Crippen molar-refractivity contribution in [2.75, 3.05) is 10.6 Å². The van der Waals surface area contributed by atoms with Gasteiger partial charge in [0.25, 0.3) is 0 Å². The van der Waals surface area contributed by atoms with Crippen LogP contribution in [0.5, 0.6) is 0 Å². The maximum atomic E-state index is 4.56. The Bertz CT molecular complexity index is 1120. The first-order valence-corrected chi connectivity index (χ1v) is 10.1. The molecular weight excluding hydrogens is 368 g/mol. The van der Waals surface area contributed by atoms with Gasteiger partial charge in [0.05, 0.1) is 0 Å². The van der Waals surface area contributed by atoms with Crippen molar-refractivity contribution in [1.82, 2.24) is 9.97 Å². The Balaban J connectivity index is 1.73. The fraction of sp³-hybridized carbons (Fsp3) is 0.154. The van der Waals surface area contributed by atoms with Crippen LogP contribution in [0.4, 0.5) is 23.0 Å². The first-order valence-electron chi connectivity index (χ1n) is 10.1. The molecule has 30 heavy (non-hydrogen) atoms. The third-order valence-corrected chi connectivity index (χ3v) is 4.92. The molecule has 0 aliphatic heterocycles. The molecule has 0 bridgehead atoms. The van der Waals surface area contributed by atoms with Gasteiger partial charge in [0.1, 0.15) is 0 Å². The van der Waals surface area contributed by atoms with Gasteiger partial charge in [-0.3, -0.25) is 0 Å². The standard InChI is InChI=1S/C26H26N4/c1-26(2,3)22-15-14-20(19-10-6-4-7-11-19)18-23(22)30-25-24(27-16-17-28-25)29-21-12-8-5-9-13-21/h4-18H,1-3H3,(H,27,29)(H,28,30). The predicted molar refractivity (Wildman–Crippen MR) is 126 cm³/mol. The summed E-state index contributed by atoms with van der Waals surface area (Å²) in [6.07, 6.45) is 3.40. The molecule has 1 aromatic heterocycles. The third-order valence-electron chi connectivity index (χ3n) is 4.92. The Morgan fingerprint density at radius 3 is 1.87 bits per heavy atom. The summed E-state index contributed by atoms with van der Waals surface area (Å²) in [7, 11) is 0. The average Bonchev–Trinajstić information content (AvgIpc) is 2.76. The highest BCUT2D eigenvalue weighted by Gasteiger charge is 2.20. The van der Waals surface area contributed by atoms with Crippen molar-refractivity contribution < 1.29 is 0 Å². The fourth-order valence-corrected chi connectivity index (χ4v) is 3.42. The molecule has 0 saturated heterocycles. The Morgan fingerprint density at radius 1 is 0.633 bits per heavy atom. The highest BCUT2D eigenvalue weighted by atomic mass is 15.1. The van der Waals surface area contributed by atoms with Crippen LogP contribution in [-0.4, -0.2) is 9.97 Å². The van der Waals surface area contributed by atoms with Crippen molar-refractivity contribution in [3.63, 3.8) is 0 Å². The van der Waals surface area contributed by atoms with E-state index in [9.17, 15) is 0 Å². The molecule has 0 spiro atoms. The van der Waals surface area contributed by atoms with E-state index in [1.807, 2.05) is 36.4 Å². The smallest absolute Gasteiger partial charge is 0.173 e. The molecule has 0 atom stereocenters. The van der Waals surface area contributed by atoms with Gasteiger partial charge < -0.3 is 10.6 Å². The third kappa shape index (κ3) is 4.49. The summed E-state index contributed by atoms with van der Waals surface area (Å²) >= 11 is 0. The highest BCUT2D eigenvalue weighted by molar-refractivity contribution is 5.77. The van der Waals surface area contributed by atoms with E-state index < -0.39 is 0 Å². The summed E-state index contributed by atoms with van der Waals surface area (Å²) in [6, 6.07) is 27.0. The van der Waals surface area contributed by atoms with Crippen LogP contribution in [-0.2, 0) is 5.41 Å². The summed E-state index contributed by atoms with van der Waals surface area (Å²) in [4.78, 5) is 9.07. The van der Waals surface area contributed by atoms with Crippen LogP contribution in [0.3, 0.4) is 0 Å². The number of para-hydroxylation sites is 1. The van der Waals surface area contributed by atoms with E-state index in [0.29, 0.717) is 11.6 Å². The van der Waals surface area contributed by atoms with E-state index in [1.54, 1.807) is 12.4 Å². The lowest BCUT2D eigenvalue weighted by Gasteiger charge is -2.24. The monoisotopic (exact) mass is 394 g/mol. The quantitative estimate of drug-likeness (QED) is 0.385. The van der Waals surface area contributed by atoms with Crippen LogP contribution in [0.25, 0.3) is 11.1 Å². The van der Waals surface area contributed by atoms with Crippen LogP contribution in [0.2, 0.25) is 0 Å². The zero-order chi connectivity index (χ0) is 21.0. The van der Waals surface area contributed by atoms with E-state index in [0.717, 1.165) is 16.9 Å². The molecule has 0 radical (unpaired) electrons. The van der Waals surface area contributed by atoms with Crippen LogP contribution >= 0.6 is 0 Å². The number of rotatable bonds is 5. The van der Waals surface area contributed by atoms with Crippen molar-refractivity contribution in [2.45, 2.75) is 26.2 Å².